The van der Waals surface area contributed by atoms with Gasteiger partial charge in [0.1, 0.15) is 23.3 Å². The van der Waals surface area contributed by atoms with Crippen LogP contribution in [0.3, 0.4) is 0 Å². The number of likely N-dealkylation sites (tertiary alicyclic amines) is 3. The third-order valence-electron chi connectivity index (χ3n) is 22.6. The third-order valence-corrected chi connectivity index (χ3v) is 22.6. The Labute approximate surface area is 699 Å². The molecule has 16 rings (SSSR count). The van der Waals surface area contributed by atoms with E-state index in [1.165, 1.54) is 43.2 Å². The Hall–Kier alpha value is -13.7. The van der Waals surface area contributed by atoms with Crippen LogP contribution in [0, 0.1) is 23.7 Å². The SMILES string of the molecule is CC1CCC(c2ccc3nc[nH]c3c2)NC1.CCc1cc(NC(=O)C(=O)N2CC(C)CCC2c2ccc3nc[nH]c3c2)cnc1N.CCc1cc(NC(=O)C(=O)N2C[C@@H](C)CC[C@@H]2c2ccc3nc[nH]c3c2)cnc1N.CCc1cc(NC(=O)C(=O)N2C[C@H](C)CC[C@H]2c2ccc3nc[nH]c3c2)cnc1N.CCc1cc(NC(=O)C(=O)O)cnc1N. The lowest BCUT2D eigenvalue weighted by molar-refractivity contribution is -0.147. The number of fused-ring (bicyclic) bond motifs is 4. The summed E-state index contributed by atoms with van der Waals surface area (Å²) < 4.78 is 0. The van der Waals surface area contributed by atoms with E-state index in [4.69, 9.17) is 28.0 Å². The highest BCUT2D eigenvalue weighted by Crippen LogP contribution is 2.39. The number of aryl methyl sites for hydroxylation is 4. The van der Waals surface area contributed by atoms with E-state index >= 15 is 0 Å². The Kier molecular flexibility index (Phi) is 28.4. The van der Waals surface area contributed by atoms with Gasteiger partial charge in [0.05, 0.1) is 135 Å². The summed E-state index contributed by atoms with van der Waals surface area (Å²) in [4.78, 5) is 149. The van der Waals surface area contributed by atoms with Crippen LogP contribution in [0.15, 0.2) is 147 Å². The van der Waals surface area contributed by atoms with Crippen LogP contribution >= 0.6 is 0 Å². The third kappa shape index (κ3) is 21.6. The second kappa shape index (κ2) is 39.7. The van der Waals surface area contributed by atoms with Gasteiger partial charge in [0, 0.05) is 25.7 Å². The number of anilines is 8. The molecule has 632 valence electrons. The molecule has 8 aromatic heterocycles. The number of carbonyl (C=O) groups excluding carboxylic acids is 7. The molecule has 4 saturated heterocycles. The van der Waals surface area contributed by atoms with E-state index in [0.29, 0.717) is 115 Å². The summed E-state index contributed by atoms with van der Waals surface area (Å²) in [6, 6.07) is 31.3. The number of H-pyrrole nitrogens is 4. The molecule has 4 fully saturated rings. The molecule has 4 unspecified atom stereocenters. The van der Waals surface area contributed by atoms with Crippen molar-refractivity contribution in [3.8, 4) is 0 Å². The predicted octanol–water partition coefficient (Wildman–Crippen LogP) is 12.0. The van der Waals surface area contributed by atoms with Gasteiger partial charge in [-0.05, 0) is 225 Å². The Morgan fingerprint density at radius 2 is 0.636 bits per heavy atom. The number of pyridine rings is 4. The quantitative estimate of drug-likeness (QED) is 0.0505. The van der Waals surface area contributed by atoms with Crippen LogP contribution in [0.5, 0.6) is 0 Å². The molecule has 18 N–H and O–H groups in total. The summed E-state index contributed by atoms with van der Waals surface area (Å²) in [5, 5.41) is 22.2. The molecule has 0 saturated carbocycles. The Morgan fingerprint density at radius 3 is 0.909 bits per heavy atom. The van der Waals surface area contributed by atoms with Crippen LogP contribution in [0.4, 0.5) is 46.0 Å². The number of aliphatic carboxylic acids is 1. The number of hydrogen-bond donors (Lipinski definition) is 14. The van der Waals surface area contributed by atoms with Gasteiger partial charge >= 0.3 is 47.3 Å². The van der Waals surface area contributed by atoms with Crippen molar-refractivity contribution < 1.29 is 43.5 Å². The summed E-state index contributed by atoms with van der Waals surface area (Å²) in [6.45, 7) is 19.1. The molecule has 0 radical (unpaired) electrons. The van der Waals surface area contributed by atoms with Crippen LogP contribution < -0.4 is 49.5 Å². The molecular formula is C88H106N24O9. The van der Waals surface area contributed by atoms with Crippen LogP contribution in [0.1, 0.15) is 175 Å². The minimum Gasteiger partial charge on any atom is -0.474 e. The minimum absolute atomic E-state index is 0.150. The summed E-state index contributed by atoms with van der Waals surface area (Å²) in [5.74, 6) is -2.74. The zero-order valence-electron chi connectivity index (χ0n) is 69.2. The number of nitrogen functional groups attached to an aromatic ring is 4. The highest BCUT2D eigenvalue weighted by molar-refractivity contribution is 6.41. The number of amides is 7. The van der Waals surface area contributed by atoms with Crippen LogP contribution in [0.2, 0.25) is 0 Å². The van der Waals surface area contributed by atoms with Gasteiger partial charge in [0.2, 0.25) is 0 Å². The van der Waals surface area contributed by atoms with Gasteiger partial charge in [0.15, 0.2) is 0 Å². The highest BCUT2D eigenvalue weighted by atomic mass is 16.4. The number of aromatic nitrogens is 12. The lowest BCUT2D eigenvalue weighted by Crippen LogP contribution is -2.46. The number of aromatic amines is 4. The number of benzene rings is 4. The van der Waals surface area contributed by atoms with Crippen molar-refractivity contribution in [2.24, 2.45) is 23.7 Å². The second-order valence-electron chi connectivity index (χ2n) is 31.4. The van der Waals surface area contributed by atoms with Gasteiger partial charge in [0.25, 0.3) is 0 Å². The van der Waals surface area contributed by atoms with Crippen LogP contribution in [-0.4, -0.2) is 153 Å². The van der Waals surface area contributed by atoms with Crippen LogP contribution in [0.25, 0.3) is 44.1 Å². The Balaban J connectivity index is 0.000000142. The average molecular weight is 1640 g/mol. The maximum Gasteiger partial charge on any atom is 0.394 e. The van der Waals surface area contributed by atoms with Gasteiger partial charge in [-0.25, -0.2) is 44.7 Å². The number of nitrogens with one attached hydrogen (secondary N) is 9. The van der Waals surface area contributed by atoms with Crippen LogP contribution in [-0.2, 0) is 64.0 Å². The fraction of sp³-hybridized carbons (Fsp3) is 0.364. The lowest BCUT2D eigenvalue weighted by atomic mass is 9.89. The summed E-state index contributed by atoms with van der Waals surface area (Å²) in [7, 11) is 0. The molecule has 0 aliphatic carbocycles. The van der Waals surface area contributed by atoms with Crippen molar-refractivity contribution in [3.05, 3.63) is 192 Å². The standard InChI is InChI=1S/3C22H26N6O2.C13H17N3.C9H11N3O3/c3*1-3-14-8-16(10-24-20(14)23)27-21(29)22(30)28-11-13(2)4-7-19(28)15-5-6-17-18(9-15)26-12-25-17;1-9-2-4-11(14-7-9)10-3-5-12-13(6-10)16-8-15-12;1-2-5-3-6(4-11-7(5)10)12-8(13)9(14)15/h3*5-6,8-10,12-13,19H,3-4,7,11H2,1-2H3,(H2,23,24)(H,25,26)(H,27,29);3,5-6,8-9,11,14H,2,4,7H2,1H3,(H,15,16);3-4H,2H2,1H3,(H2,10,11)(H,12,13)(H,14,15)/t2*13-,19+;;;/m10.../s1. The first-order chi connectivity index (χ1) is 58.2. The fourth-order valence-electron chi connectivity index (χ4n) is 15.7. The number of piperidine rings is 4. The van der Waals surface area contributed by atoms with Crippen molar-refractivity contribution in [1.82, 2.24) is 79.8 Å². The molecule has 121 heavy (non-hydrogen) atoms. The van der Waals surface area contributed by atoms with Crippen molar-refractivity contribution in [2.75, 3.05) is 70.4 Å². The van der Waals surface area contributed by atoms with Crippen molar-refractivity contribution in [2.45, 2.75) is 157 Å². The topological polar surface area (TPSA) is 497 Å². The first-order valence-corrected chi connectivity index (χ1v) is 41.1. The van der Waals surface area contributed by atoms with E-state index in [-0.39, 0.29) is 18.1 Å². The number of nitrogens with two attached hydrogens (primary N) is 4. The molecule has 12 heterocycles. The average Bonchev–Trinajstić information content (AvgIpc) is 1.75. The molecule has 12 aromatic rings. The molecule has 4 aliphatic heterocycles. The van der Waals surface area contributed by atoms with E-state index in [1.807, 2.05) is 82.3 Å². The molecular weight excluding hydrogens is 1540 g/mol. The normalized spacial score (nSPS) is 18.8. The zero-order chi connectivity index (χ0) is 86.1. The van der Waals surface area contributed by atoms with Gasteiger partial charge in [-0.1, -0.05) is 79.7 Å². The highest BCUT2D eigenvalue weighted by Gasteiger charge is 2.38. The molecule has 4 aliphatic rings. The van der Waals surface area contributed by atoms with Gasteiger partial charge in [-0.2, -0.15) is 0 Å². The number of carboxylic acids is 1. The summed E-state index contributed by atoms with van der Waals surface area (Å²) in [6.07, 6.45) is 23.2. The Morgan fingerprint density at radius 1 is 0.364 bits per heavy atom. The van der Waals surface area contributed by atoms with Gasteiger partial charge < -0.3 is 89.3 Å². The first-order valence-electron chi connectivity index (χ1n) is 41.1. The number of nitrogens with zero attached hydrogens (tertiary/aromatic N) is 11. The number of carboxylic acid groups (broad SMARTS) is 1. The van der Waals surface area contributed by atoms with E-state index < -0.39 is 47.3 Å². The first kappa shape index (κ1) is 86.6. The molecule has 4 aromatic carbocycles. The summed E-state index contributed by atoms with van der Waals surface area (Å²) in [5.41, 5.74) is 40.0. The fourth-order valence-corrected chi connectivity index (χ4v) is 15.7. The smallest absolute Gasteiger partial charge is 0.394 e. The van der Waals surface area contributed by atoms with Crippen molar-refractivity contribution in [1.29, 1.82) is 0 Å². The number of imidazole rings is 4. The Bertz CT molecular complexity index is 5300. The van der Waals surface area contributed by atoms with E-state index in [1.54, 1.807) is 64.3 Å². The molecule has 33 nitrogen and oxygen atoms in total. The summed E-state index contributed by atoms with van der Waals surface area (Å²) >= 11 is 0. The largest absolute Gasteiger partial charge is 0.474 e. The van der Waals surface area contributed by atoms with E-state index in [9.17, 15) is 38.4 Å². The van der Waals surface area contributed by atoms with E-state index in [2.05, 4.69) is 132 Å². The number of hydrogen-bond acceptors (Lipinski definition) is 21. The van der Waals surface area contributed by atoms with Crippen molar-refractivity contribution in [3.63, 3.8) is 0 Å². The van der Waals surface area contributed by atoms with Gasteiger partial charge in [-0.3, -0.25) is 33.6 Å². The number of carbonyl (C=O) groups is 8. The van der Waals surface area contributed by atoms with Gasteiger partial charge in [-0.15, -0.1) is 0 Å². The lowest BCUT2D eigenvalue weighted by Gasteiger charge is -2.38. The minimum atomic E-state index is -1.54. The number of rotatable bonds is 12. The maximum atomic E-state index is 13.1. The molecule has 7 amide bonds. The zero-order valence-corrected chi connectivity index (χ0v) is 69.2. The predicted molar refractivity (Wildman–Crippen MR) is 466 cm³/mol. The second-order valence-corrected chi connectivity index (χ2v) is 31.4. The van der Waals surface area contributed by atoms with E-state index in [0.717, 1.165) is 134 Å². The monoisotopic (exact) mass is 1640 g/mol. The molecule has 33 heteroatoms. The maximum absolute atomic E-state index is 13.1. The molecule has 8 atom stereocenters. The van der Waals surface area contributed by atoms with Crippen molar-refractivity contribution >= 4 is 137 Å². The molecule has 0 bridgehead atoms. The molecule has 0 spiro atoms.